The second kappa shape index (κ2) is 20.8. The summed E-state index contributed by atoms with van der Waals surface area (Å²) in [7, 11) is 3.82. The molecule has 5 heteroatoms. The number of quaternary nitrogens is 1. The molecule has 5 nitrogen and oxygen atoms in total. The van der Waals surface area contributed by atoms with E-state index in [2.05, 4.69) is 12.2 Å². The minimum absolute atomic E-state index is 0.118. The molecule has 0 spiro atoms. The maximum Gasteiger partial charge on any atom is 0.359 e. The van der Waals surface area contributed by atoms with Crippen LogP contribution >= 0.6 is 0 Å². The van der Waals surface area contributed by atoms with Gasteiger partial charge in [-0.15, -0.1) is 0 Å². The summed E-state index contributed by atoms with van der Waals surface area (Å²) in [5, 5.41) is 11.8. The van der Waals surface area contributed by atoms with E-state index in [0.717, 1.165) is 25.8 Å². The van der Waals surface area contributed by atoms with Crippen LogP contribution in [0.4, 0.5) is 0 Å². The molecule has 0 unspecified atom stereocenters. The van der Waals surface area contributed by atoms with Crippen molar-refractivity contribution in [3.8, 4) is 0 Å². The van der Waals surface area contributed by atoms with E-state index in [1.54, 1.807) is 0 Å². The van der Waals surface area contributed by atoms with Gasteiger partial charge in [-0.25, -0.2) is 4.79 Å². The van der Waals surface area contributed by atoms with Gasteiger partial charge in [0, 0.05) is 19.4 Å². The topological polar surface area (TPSA) is 66.4 Å². The van der Waals surface area contributed by atoms with Crippen LogP contribution in [-0.2, 0) is 9.59 Å². The number of nitrogens with one attached hydrogen (secondary N) is 1. The third-order valence-corrected chi connectivity index (χ3v) is 6.08. The van der Waals surface area contributed by atoms with E-state index in [9.17, 15) is 9.59 Å². The summed E-state index contributed by atoms with van der Waals surface area (Å²) in [6, 6.07) is 0. The molecule has 0 saturated heterocycles. The summed E-state index contributed by atoms with van der Waals surface area (Å²) >= 11 is 0. The molecule has 0 saturated carbocycles. The average Bonchev–Trinajstić information content (AvgIpc) is 2.70. The van der Waals surface area contributed by atoms with Crippen molar-refractivity contribution in [3.63, 3.8) is 0 Å². The zero-order chi connectivity index (χ0) is 23.2. The Bertz CT molecular complexity index is 438. The zero-order valence-electron chi connectivity index (χ0n) is 21.1. The molecule has 0 atom stereocenters. The molecule has 0 aromatic heterocycles. The van der Waals surface area contributed by atoms with Crippen molar-refractivity contribution in [2.24, 2.45) is 0 Å². The van der Waals surface area contributed by atoms with Gasteiger partial charge in [-0.05, 0) is 6.42 Å². The number of unbranched alkanes of at least 4 members (excludes halogenated alkanes) is 15. The Kier molecular flexibility index (Phi) is 20.0. The van der Waals surface area contributed by atoms with Gasteiger partial charge in [-0.1, -0.05) is 103 Å². The monoisotopic (exact) mass is 441 g/mol. The Hall–Kier alpha value is -1.10. The van der Waals surface area contributed by atoms with Crippen LogP contribution in [0.1, 0.15) is 122 Å². The highest BCUT2D eigenvalue weighted by Crippen LogP contribution is 2.14. The molecular formula is C26H53N2O3+. The van der Waals surface area contributed by atoms with Gasteiger partial charge in [0.2, 0.25) is 5.91 Å². The SMILES string of the molecule is CCCCCCCCCCCCCCCCCCC(=O)NCCC[N+](C)(C)CC(=O)O. The predicted octanol–water partition coefficient (Wildman–Crippen LogP) is 6.31. The molecule has 2 N–H and O–H groups in total. The van der Waals surface area contributed by atoms with Crippen LogP contribution in [-0.4, -0.2) is 55.2 Å². The number of nitrogens with zero attached hydrogens (tertiary/aromatic N) is 1. The van der Waals surface area contributed by atoms with E-state index in [-0.39, 0.29) is 12.5 Å². The van der Waals surface area contributed by atoms with E-state index >= 15 is 0 Å². The fourth-order valence-electron chi connectivity index (χ4n) is 4.10. The van der Waals surface area contributed by atoms with Gasteiger partial charge < -0.3 is 14.9 Å². The highest BCUT2D eigenvalue weighted by Gasteiger charge is 2.18. The normalized spacial score (nSPS) is 11.6. The molecule has 1 amide bonds. The standard InChI is InChI=1S/C26H52N2O3/c1-4-5-6-7-8-9-10-11-12-13-14-15-16-17-18-19-21-25(29)27-22-20-23-28(2,3)24-26(30)31/h4-24H2,1-3H3,(H-,27,29,30,31)/p+1. The van der Waals surface area contributed by atoms with Gasteiger partial charge >= 0.3 is 5.97 Å². The fraction of sp³-hybridized carbons (Fsp3) is 0.923. The van der Waals surface area contributed by atoms with Crippen LogP contribution in [0.25, 0.3) is 0 Å². The summed E-state index contributed by atoms with van der Waals surface area (Å²) in [4.78, 5) is 22.7. The lowest BCUT2D eigenvalue weighted by Crippen LogP contribution is -2.45. The number of rotatable bonds is 23. The Morgan fingerprint density at radius 3 is 1.52 bits per heavy atom. The average molecular weight is 442 g/mol. The van der Waals surface area contributed by atoms with E-state index < -0.39 is 5.97 Å². The molecule has 0 aromatic rings. The Labute approximate surface area is 192 Å². The van der Waals surface area contributed by atoms with Crippen molar-refractivity contribution in [2.75, 3.05) is 33.7 Å². The lowest BCUT2D eigenvalue weighted by atomic mass is 10.0. The third-order valence-electron chi connectivity index (χ3n) is 6.08. The van der Waals surface area contributed by atoms with Crippen molar-refractivity contribution in [1.82, 2.24) is 5.32 Å². The maximum atomic E-state index is 11.9. The number of likely N-dealkylation sites (N-methyl/N-ethyl adjacent to an activating group) is 1. The highest BCUT2D eigenvalue weighted by molar-refractivity contribution is 5.75. The van der Waals surface area contributed by atoms with E-state index in [4.69, 9.17) is 5.11 Å². The first-order valence-electron chi connectivity index (χ1n) is 13.2. The Morgan fingerprint density at radius 1 is 0.677 bits per heavy atom. The third kappa shape index (κ3) is 23.4. The number of amides is 1. The van der Waals surface area contributed by atoms with Crippen molar-refractivity contribution in [1.29, 1.82) is 0 Å². The Morgan fingerprint density at radius 2 is 1.10 bits per heavy atom. The number of carboxylic acids is 1. The van der Waals surface area contributed by atoms with Crippen LogP contribution in [0, 0.1) is 0 Å². The van der Waals surface area contributed by atoms with Gasteiger partial charge in [-0.2, -0.15) is 0 Å². The molecule has 184 valence electrons. The van der Waals surface area contributed by atoms with Crippen LogP contribution in [0.15, 0.2) is 0 Å². The lowest BCUT2D eigenvalue weighted by Gasteiger charge is -2.27. The van der Waals surface area contributed by atoms with Crippen molar-refractivity contribution in [2.45, 2.75) is 122 Å². The van der Waals surface area contributed by atoms with Gasteiger partial charge in [-0.3, -0.25) is 4.79 Å². The molecule has 0 fully saturated rings. The quantitative estimate of drug-likeness (QED) is 0.144. The van der Waals surface area contributed by atoms with Gasteiger partial charge in [0.1, 0.15) is 0 Å². The first-order chi connectivity index (χ1) is 14.9. The first kappa shape index (κ1) is 29.9. The zero-order valence-corrected chi connectivity index (χ0v) is 21.1. The van der Waals surface area contributed by atoms with Crippen molar-refractivity contribution in [3.05, 3.63) is 0 Å². The molecule has 31 heavy (non-hydrogen) atoms. The van der Waals surface area contributed by atoms with Gasteiger partial charge in [0.15, 0.2) is 6.54 Å². The summed E-state index contributed by atoms with van der Waals surface area (Å²) in [5.74, 6) is -0.647. The molecule has 0 heterocycles. The molecule has 0 aliphatic carbocycles. The van der Waals surface area contributed by atoms with E-state index in [0.29, 0.717) is 17.4 Å². The lowest BCUT2D eigenvalue weighted by molar-refractivity contribution is -0.883. The summed E-state index contributed by atoms with van der Waals surface area (Å²) < 4.78 is 0.449. The number of carbonyl (C=O) groups is 2. The molecule has 0 rings (SSSR count). The van der Waals surface area contributed by atoms with Crippen LogP contribution < -0.4 is 5.32 Å². The van der Waals surface area contributed by atoms with Gasteiger partial charge in [0.05, 0.1) is 20.6 Å². The number of carbonyl (C=O) groups excluding carboxylic acids is 1. The molecule has 0 aromatic carbocycles. The van der Waals surface area contributed by atoms with Gasteiger partial charge in [0.25, 0.3) is 0 Å². The molecule has 0 aliphatic heterocycles. The maximum absolute atomic E-state index is 11.9. The second-order valence-corrected chi connectivity index (χ2v) is 9.97. The molecule has 0 aliphatic rings. The predicted molar refractivity (Wildman–Crippen MR) is 131 cm³/mol. The van der Waals surface area contributed by atoms with Crippen LogP contribution in [0.5, 0.6) is 0 Å². The second-order valence-electron chi connectivity index (χ2n) is 9.97. The summed E-state index contributed by atoms with van der Waals surface area (Å²) in [6.07, 6.45) is 22.9. The smallest absolute Gasteiger partial charge is 0.359 e. The molecule has 0 bridgehead atoms. The molecule has 0 radical (unpaired) electrons. The van der Waals surface area contributed by atoms with Crippen LogP contribution in [0.3, 0.4) is 0 Å². The first-order valence-corrected chi connectivity index (χ1v) is 13.2. The number of hydrogen-bond acceptors (Lipinski definition) is 2. The van der Waals surface area contributed by atoms with Crippen molar-refractivity contribution < 1.29 is 19.2 Å². The molecular weight excluding hydrogens is 388 g/mol. The fourth-order valence-corrected chi connectivity index (χ4v) is 4.10. The Balaban J connectivity index is 3.29. The highest BCUT2D eigenvalue weighted by atomic mass is 16.4. The van der Waals surface area contributed by atoms with Crippen LogP contribution in [0.2, 0.25) is 0 Å². The summed E-state index contributed by atoms with van der Waals surface area (Å²) in [5.41, 5.74) is 0. The summed E-state index contributed by atoms with van der Waals surface area (Å²) in [6.45, 7) is 3.79. The number of aliphatic carboxylic acids is 1. The van der Waals surface area contributed by atoms with E-state index in [1.165, 1.54) is 89.9 Å². The largest absolute Gasteiger partial charge is 0.477 e. The van der Waals surface area contributed by atoms with E-state index in [1.807, 2.05) is 14.1 Å². The van der Waals surface area contributed by atoms with Crippen molar-refractivity contribution >= 4 is 11.9 Å². The minimum Gasteiger partial charge on any atom is -0.477 e. The number of hydrogen-bond donors (Lipinski definition) is 2. The number of carboxylic acid groups (broad SMARTS) is 1. The minimum atomic E-state index is -0.780.